The minimum absolute atomic E-state index is 0.416. The van der Waals surface area contributed by atoms with Gasteiger partial charge in [0.1, 0.15) is 5.78 Å². The van der Waals surface area contributed by atoms with Gasteiger partial charge in [0, 0.05) is 5.92 Å². The van der Waals surface area contributed by atoms with Gasteiger partial charge in [0.05, 0.1) is 26.6 Å². The predicted molar refractivity (Wildman–Crippen MR) is 58.6 cm³/mol. The molecule has 0 unspecified atom stereocenters. The van der Waals surface area contributed by atoms with Crippen LogP contribution in [0.15, 0.2) is 0 Å². The standard InChI is InChI=1S/C13H21NO/c1-14(2)7-12-10-6-11(13(12)15)9-5-3-4-8(9)10/h8-12H,3-7H2,1-2H3/p+1/t8-,9-,10+,11-,12-/m0/s1. The fourth-order valence-electron chi connectivity index (χ4n) is 4.66. The van der Waals surface area contributed by atoms with E-state index in [1.165, 1.54) is 30.6 Å². The van der Waals surface area contributed by atoms with Crippen LogP contribution in [0, 0.1) is 29.6 Å². The van der Waals surface area contributed by atoms with Crippen LogP contribution >= 0.6 is 0 Å². The molecule has 1 N–H and O–H groups in total. The molecular weight excluding hydrogens is 186 g/mol. The maximum absolute atomic E-state index is 12.2. The molecule has 84 valence electrons. The number of nitrogens with one attached hydrogen (secondary N) is 1. The molecule has 3 fully saturated rings. The maximum atomic E-state index is 12.2. The summed E-state index contributed by atoms with van der Waals surface area (Å²) in [6, 6.07) is 0. The molecule has 0 aromatic rings. The van der Waals surface area contributed by atoms with Crippen molar-refractivity contribution < 1.29 is 9.69 Å². The van der Waals surface area contributed by atoms with Crippen molar-refractivity contribution in [2.75, 3.05) is 20.6 Å². The van der Waals surface area contributed by atoms with Crippen LogP contribution < -0.4 is 4.90 Å². The first-order valence-electron chi connectivity index (χ1n) is 6.51. The lowest BCUT2D eigenvalue weighted by Gasteiger charge is -2.30. The molecule has 3 aliphatic rings. The van der Waals surface area contributed by atoms with E-state index in [4.69, 9.17) is 0 Å². The van der Waals surface area contributed by atoms with E-state index in [1.54, 1.807) is 0 Å². The zero-order valence-electron chi connectivity index (χ0n) is 9.83. The number of fused-ring (bicyclic) bond motifs is 5. The smallest absolute Gasteiger partial charge is 0.145 e. The van der Waals surface area contributed by atoms with E-state index >= 15 is 0 Å². The van der Waals surface area contributed by atoms with Gasteiger partial charge < -0.3 is 4.90 Å². The lowest BCUT2D eigenvalue weighted by Crippen LogP contribution is -3.06. The van der Waals surface area contributed by atoms with Crippen LogP contribution in [0.1, 0.15) is 25.7 Å². The maximum Gasteiger partial charge on any atom is 0.145 e. The van der Waals surface area contributed by atoms with Crippen LogP contribution in [0.3, 0.4) is 0 Å². The number of ketones is 1. The number of quaternary nitrogens is 1. The van der Waals surface area contributed by atoms with Crippen LogP contribution in [0.25, 0.3) is 0 Å². The molecule has 0 amide bonds. The highest BCUT2D eigenvalue weighted by Gasteiger charge is 2.59. The molecule has 0 saturated heterocycles. The van der Waals surface area contributed by atoms with E-state index in [2.05, 4.69) is 14.1 Å². The Balaban J connectivity index is 1.81. The fourth-order valence-corrected chi connectivity index (χ4v) is 4.66. The zero-order valence-corrected chi connectivity index (χ0v) is 9.83. The number of Topliss-reactive ketones (excluding diaryl/α,β-unsaturated/α-hetero) is 1. The second kappa shape index (κ2) is 3.31. The number of hydrogen-bond donors (Lipinski definition) is 1. The molecule has 0 spiro atoms. The van der Waals surface area contributed by atoms with E-state index in [1.807, 2.05) is 0 Å². The van der Waals surface area contributed by atoms with Gasteiger partial charge in [-0.2, -0.15) is 0 Å². The van der Waals surface area contributed by atoms with E-state index in [9.17, 15) is 4.79 Å². The Bertz CT molecular complexity index is 286. The average molecular weight is 208 g/mol. The largest absolute Gasteiger partial charge is 0.339 e. The number of hydrogen-bond acceptors (Lipinski definition) is 1. The van der Waals surface area contributed by atoms with Crippen LogP contribution in [0.4, 0.5) is 0 Å². The summed E-state index contributed by atoms with van der Waals surface area (Å²) in [6.07, 6.45) is 5.39. The van der Waals surface area contributed by atoms with Crippen molar-refractivity contribution in [1.29, 1.82) is 0 Å². The first kappa shape index (κ1) is 9.83. The van der Waals surface area contributed by atoms with Gasteiger partial charge in [-0.05, 0) is 37.0 Å². The summed E-state index contributed by atoms with van der Waals surface area (Å²) >= 11 is 0. The van der Waals surface area contributed by atoms with Crippen molar-refractivity contribution in [3.63, 3.8) is 0 Å². The SMILES string of the molecule is C[NH+](C)C[C@@H]1C(=O)[C@H]2C[C@@H]1[C@H]1CCC[C@@H]12. The van der Waals surface area contributed by atoms with Gasteiger partial charge in [-0.1, -0.05) is 6.42 Å². The number of carbonyl (C=O) groups is 1. The van der Waals surface area contributed by atoms with Crippen molar-refractivity contribution >= 4 is 5.78 Å². The predicted octanol–water partition coefficient (Wildman–Crippen LogP) is 0.382. The minimum Gasteiger partial charge on any atom is -0.339 e. The molecule has 0 radical (unpaired) electrons. The summed E-state index contributed by atoms with van der Waals surface area (Å²) in [7, 11) is 4.34. The molecule has 5 atom stereocenters. The third kappa shape index (κ3) is 1.30. The summed E-state index contributed by atoms with van der Waals surface area (Å²) in [5.41, 5.74) is 0. The van der Waals surface area contributed by atoms with Crippen molar-refractivity contribution in [2.24, 2.45) is 29.6 Å². The zero-order chi connectivity index (χ0) is 10.6. The summed E-state index contributed by atoms with van der Waals surface area (Å²) in [5, 5.41) is 0. The topological polar surface area (TPSA) is 21.5 Å². The van der Waals surface area contributed by atoms with Crippen molar-refractivity contribution in [1.82, 2.24) is 0 Å². The Hall–Kier alpha value is -0.370. The molecule has 0 heterocycles. The van der Waals surface area contributed by atoms with E-state index < -0.39 is 0 Å². The Kier molecular flexibility index (Phi) is 2.17. The highest BCUT2D eigenvalue weighted by atomic mass is 16.1. The van der Waals surface area contributed by atoms with Crippen molar-refractivity contribution in [3.05, 3.63) is 0 Å². The van der Waals surface area contributed by atoms with Gasteiger partial charge in [-0.25, -0.2) is 0 Å². The third-order valence-electron chi connectivity index (χ3n) is 5.09. The third-order valence-corrected chi connectivity index (χ3v) is 5.09. The van der Waals surface area contributed by atoms with Crippen LogP contribution in [-0.2, 0) is 4.79 Å². The average Bonchev–Trinajstić information content (AvgIpc) is 2.77. The Morgan fingerprint density at radius 3 is 2.67 bits per heavy atom. The number of rotatable bonds is 2. The molecular formula is C13H22NO+. The highest BCUT2D eigenvalue weighted by molar-refractivity contribution is 5.87. The Morgan fingerprint density at radius 1 is 1.20 bits per heavy atom. The van der Waals surface area contributed by atoms with Gasteiger partial charge in [-0.15, -0.1) is 0 Å². The number of carbonyl (C=O) groups excluding carboxylic acids is 1. The van der Waals surface area contributed by atoms with Gasteiger partial charge in [-0.3, -0.25) is 4.79 Å². The quantitative estimate of drug-likeness (QED) is 0.696. The van der Waals surface area contributed by atoms with Gasteiger partial charge in [0.2, 0.25) is 0 Å². The van der Waals surface area contributed by atoms with Gasteiger partial charge >= 0.3 is 0 Å². The lowest BCUT2D eigenvalue weighted by molar-refractivity contribution is -0.861. The van der Waals surface area contributed by atoms with Crippen LogP contribution in [-0.4, -0.2) is 26.4 Å². The summed E-state index contributed by atoms with van der Waals surface area (Å²) in [5.74, 6) is 4.02. The summed E-state index contributed by atoms with van der Waals surface area (Å²) < 4.78 is 0. The van der Waals surface area contributed by atoms with Crippen LogP contribution in [0.5, 0.6) is 0 Å². The van der Waals surface area contributed by atoms with E-state index in [-0.39, 0.29) is 0 Å². The van der Waals surface area contributed by atoms with Crippen molar-refractivity contribution in [2.45, 2.75) is 25.7 Å². The molecule has 2 heteroatoms. The first-order chi connectivity index (χ1) is 7.18. The van der Waals surface area contributed by atoms with Crippen molar-refractivity contribution in [3.8, 4) is 0 Å². The summed E-state index contributed by atoms with van der Waals surface area (Å²) in [6.45, 7) is 1.07. The monoisotopic (exact) mass is 208 g/mol. The molecule has 3 rings (SSSR count). The fraction of sp³-hybridized carbons (Fsp3) is 0.923. The molecule has 0 aliphatic heterocycles. The Labute approximate surface area is 92.0 Å². The second-order valence-electron chi connectivity index (χ2n) is 6.18. The molecule has 2 nitrogen and oxygen atoms in total. The van der Waals surface area contributed by atoms with Gasteiger partial charge in [0.15, 0.2) is 0 Å². The Morgan fingerprint density at radius 2 is 1.93 bits per heavy atom. The van der Waals surface area contributed by atoms with Crippen LogP contribution in [0.2, 0.25) is 0 Å². The molecule has 0 aromatic carbocycles. The van der Waals surface area contributed by atoms with E-state index in [0.717, 1.165) is 24.3 Å². The second-order valence-corrected chi connectivity index (χ2v) is 6.18. The molecule has 3 saturated carbocycles. The normalized spacial score (nSPS) is 47.9. The first-order valence-corrected chi connectivity index (χ1v) is 6.51. The lowest BCUT2D eigenvalue weighted by atomic mass is 9.75. The molecule has 2 bridgehead atoms. The van der Waals surface area contributed by atoms with Gasteiger partial charge in [0.25, 0.3) is 0 Å². The highest BCUT2D eigenvalue weighted by Crippen LogP contribution is 2.58. The summed E-state index contributed by atoms with van der Waals surface area (Å²) in [4.78, 5) is 13.7. The molecule has 3 aliphatic carbocycles. The van der Waals surface area contributed by atoms with E-state index in [0.29, 0.717) is 17.6 Å². The minimum atomic E-state index is 0.416. The molecule has 15 heavy (non-hydrogen) atoms. The molecule has 0 aromatic heterocycles.